The molecular formula is C12H12BrNO2. The first kappa shape index (κ1) is 11.4. The van der Waals surface area contributed by atoms with Gasteiger partial charge in [-0.1, -0.05) is 15.9 Å². The summed E-state index contributed by atoms with van der Waals surface area (Å²) in [6.07, 6.45) is -0.660. The largest absolute Gasteiger partial charge is 0.486 e. The minimum absolute atomic E-state index is 0.193. The first-order chi connectivity index (χ1) is 7.45. The highest BCUT2D eigenvalue weighted by Gasteiger charge is 2.41. The molecule has 0 aromatic heterocycles. The van der Waals surface area contributed by atoms with Crippen LogP contribution in [0.5, 0.6) is 5.75 Å². The normalized spacial score (nSPS) is 26.4. The van der Waals surface area contributed by atoms with Crippen LogP contribution in [0.25, 0.3) is 0 Å². The van der Waals surface area contributed by atoms with Gasteiger partial charge in [-0.2, -0.15) is 5.26 Å². The lowest BCUT2D eigenvalue weighted by atomic mass is 9.91. The van der Waals surface area contributed by atoms with Crippen LogP contribution in [-0.4, -0.2) is 15.5 Å². The molecule has 0 spiro atoms. The van der Waals surface area contributed by atoms with E-state index in [1.165, 1.54) is 0 Å². The number of halogens is 1. The van der Waals surface area contributed by atoms with Crippen LogP contribution in [0.4, 0.5) is 0 Å². The van der Waals surface area contributed by atoms with Gasteiger partial charge >= 0.3 is 0 Å². The van der Waals surface area contributed by atoms with Gasteiger partial charge in [0.05, 0.1) is 22.6 Å². The van der Waals surface area contributed by atoms with Crippen molar-refractivity contribution in [3.05, 3.63) is 29.3 Å². The van der Waals surface area contributed by atoms with Crippen LogP contribution >= 0.6 is 15.9 Å². The zero-order valence-corrected chi connectivity index (χ0v) is 10.7. The number of nitriles is 1. The molecular weight excluding hydrogens is 270 g/mol. The zero-order chi connectivity index (χ0) is 11.9. The summed E-state index contributed by atoms with van der Waals surface area (Å²) < 4.78 is 5.79. The summed E-state index contributed by atoms with van der Waals surface area (Å²) in [7, 11) is 0. The summed E-state index contributed by atoms with van der Waals surface area (Å²) in [5.41, 5.74) is 0.724. The van der Waals surface area contributed by atoms with Crippen molar-refractivity contribution in [3.8, 4) is 11.8 Å². The Morgan fingerprint density at radius 2 is 2.19 bits per heavy atom. The Hall–Kier alpha value is -1.05. The third kappa shape index (κ3) is 1.70. The van der Waals surface area contributed by atoms with Crippen LogP contribution in [-0.2, 0) is 0 Å². The molecule has 3 nitrogen and oxygen atoms in total. The number of hydrogen-bond acceptors (Lipinski definition) is 3. The quantitative estimate of drug-likeness (QED) is 0.744. The molecule has 1 aromatic carbocycles. The van der Waals surface area contributed by atoms with E-state index < -0.39 is 11.7 Å². The number of hydrogen-bond donors (Lipinski definition) is 1. The number of ether oxygens (including phenoxy) is 1. The van der Waals surface area contributed by atoms with Crippen molar-refractivity contribution in [2.24, 2.45) is 0 Å². The van der Waals surface area contributed by atoms with E-state index in [1.807, 2.05) is 13.8 Å². The molecule has 0 saturated carbocycles. The van der Waals surface area contributed by atoms with E-state index in [-0.39, 0.29) is 4.83 Å². The molecule has 1 heterocycles. The molecule has 84 valence electrons. The van der Waals surface area contributed by atoms with Gasteiger partial charge in [0.15, 0.2) is 0 Å². The Balaban J connectivity index is 2.52. The third-order valence-electron chi connectivity index (χ3n) is 2.77. The predicted octanol–water partition coefficient (Wildman–Crippen LogP) is 2.53. The standard InChI is InChI=1S/C12H12BrNO2/c1-12(2)11(13)10(15)8-5-7(6-14)3-4-9(8)16-12/h3-5,10-11,15H,1-2H3/t10-,11-/m1/s1. The fourth-order valence-corrected chi connectivity index (χ4v) is 2.20. The summed E-state index contributed by atoms with van der Waals surface area (Å²) in [5.74, 6) is 0.646. The minimum Gasteiger partial charge on any atom is -0.486 e. The molecule has 16 heavy (non-hydrogen) atoms. The SMILES string of the molecule is CC1(C)Oc2ccc(C#N)cc2[C@@H](O)[C@H]1Br. The molecule has 1 aliphatic rings. The van der Waals surface area contributed by atoms with E-state index in [9.17, 15) is 5.11 Å². The highest BCUT2D eigenvalue weighted by molar-refractivity contribution is 9.09. The van der Waals surface area contributed by atoms with Crippen LogP contribution in [0.15, 0.2) is 18.2 Å². The second kappa shape index (κ2) is 3.76. The van der Waals surface area contributed by atoms with Gasteiger partial charge in [0.1, 0.15) is 11.4 Å². The Kier molecular flexibility index (Phi) is 2.69. The number of benzene rings is 1. The predicted molar refractivity (Wildman–Crippen MR) is 63.5 cm³/mol. The topological polar surface area (TPSA) is 53.2 Å². The van der Waals surface area contributed by atoms with E-state index in [1.54, 1.807) is 18.2 Å². The summed E-state index contributed by atoms with van der Waals surface area (Å²) in [6, 6.07) is 7.15. The van der Waals surface area contributed by atoms with Gasteiger partial charge in [0.2, 0.25) is 0 Å². The van der Waals surface area contributed by atoms with Gasteiger partial charge in [-0.3, -0.25) is 0 Å². The van der Waals surface area contributed by atoms with Crippen LogP contribution in [0, 0.1) is 11.3 Å². The van der Waals surface area contributed by atoms with Gasteiger partial charge in [0, 0.05) is 5.56 Å². The molecule has 0 unspecified atom stereocenters. The van der Waals surface area contributed by atoms with Crippen molar-refractivity contribution in [3.63, 3.8) is 0 Å². The van der Waals surface area contributed by atoms with Crippen LogP contribution < -0.4 is 4.74 Å². The molecule has 2 atom stereocenters. The lowest BCUT2D eigenvalue weighted by Gasteiger charge is -2.40. The van der Waals surface area contributed by atoms with Gasteiger partial charge in [-0.05, 0) is 32.0 Å². The first-order valence-electron chi connectivity index (χ1n) is 5.01. The zero-order valence-electron chi connectivity index (χ0n) is 9.07. The molecule has 0 bridgehead atoms. The number of rotatable bonds is 0. The Morgan fingerprint density at radius 1 is 1.50 bits per heavy atom. The van der Waals surface area contributed by atoms with Crippen molar-refractivity contribution in [2.45, 2.75) is 30.4 Å². The van der Waals surface area contributed by atoms with Crippen LogP contribution in [0.1, 0.15) is 31.1 Å². The summed E-state index contributed by atoms with van der Waals surface area (Å²) in [5, 5.41) is 19.0. The van der Waals surface area contributed by atoms with Crippen LogP contribution in [0.2, 0.25) is 0 Å². The lowest BCUT2D eigenvalue weighted by Crippen LogP contribution is -2.45. The average Bonchev–Trinajstić information content (AvgIpc) is 2.25. The maximum atomic E-state index is 10.1. The van der Waals surface area contributed by atoms with Gasteiger partial charge in [-0.25, -0.2) is 0 Å². The van der Waals surface area contributed by atoms with Crippen molar-refractivity contribution in [1.82, 2.24) is 0 Å². The number of aliphatic hydroxyl groups excluding tert-OH is 1. The molecule has 0 fully saturated rings. The average molecular weight is 282 g/mol. The molecule has 4 heteroatoms. The Bertz CT molecular complexity index is 465. The smallest absolute Gasteiger partial charge is 0.126 e. The van der Waals surface area contributed by atoms with Crippen molar-refractivity contribution in [2.75, 3.05) is 0 Å². The van der Waals surface area contributed by atoms with Crippen molar-refractivity contribution in [1.29, 1.82) is 5.26 Å². The Morgan fingerprint density at radius 3 is 2.81 bits per heavy atom. The van der Waals surface area contributed by atoms with Gasteiger partial charge in [0.25, 0.3) is 0 Å². The molecule has 0 saturated heterocycles. The van der Waals surface area contributed by atoms with E-state index in [0.717, 1.165) is 0 Å². The lowest BCUT2D eigenvalue weighted by molar-refractivity contribution is 0.0225. The second-order valence-electron chi connectivity index (χ2n) is 4.42. The maximum absolute atomic E-state index is 10.1. The first-order valence-corrected chi connectivity index (χ1v) is 5.92. The molecule has 0 radical (unpaired) electrons. The van der Waals surface area contributed by atoms with E-state index in [2.05, 4.69) is 22.0 Å². The molecule has 0 amide bonds. The summed E-state index contributed by atoms with van der Waals surface area (Å²) in [6.45, 7) is 3.83. The van der Waals surface area contributed by atoms with E-state index in [4.69, 9.17) is 10.00 Å². The van der Waals surface area contributed by atoms with E-state index in [0.29, 0.717) is 16.9 Å². The number of fused-ring (bicyclic) bond motifs is 1. The highest BCUT2D eigenvalue weighted by Crippen LogP contribution is 2.43. The van der Waals surface area contributed by atoms with E-state index >= 15 is 0 Å². The summed E-state index contributed by atoms with van der Waals surface area (Å²) >= 11 is 3.43. The fourth-order valence-electron chi connectivity index (χ4n) is 1.82. The molecule has 1 aliphatic heterocycles. The third-order valence-corrected chi connectivity index (χ3v) is 4.38. The molecule has 1 aromatic rings. The Labute approximate surface area is 103 Å². The molecule has 2 rings (SSSR count). The van der Waals surface area contributed by atoms with Crippen molar-refractivity contribution < 1.29 is 9.84 Å². The second-order valence-corrected chi connectivity index (χ2v) is 5.40. The summed E-state index contributed by atoms with van der Waals surface area (Å²) in [4.78, 5) is -0.193. The minimum atomic E-state index is -0.660. The maximum Gasteiger partial charge on any atom is 0.126 e. The number of nitrogens with zero attached hydrogens (tertiary/aromatic N) is 1. The number of alkyl halides is 1. The number of aliphatic hydroxyl groups is 1. The molecule has 0 aliphatic carbocycles. The monoisotopic (exact) mass is 281 g/mol. The fraction of sp³-hybridized carbons (Fsp3) is 0.417. The van der Waals surface area contributed by atoms with Crippen LogP contribution in [0.3, 0.4) is 0 Å². The van der Waals surface area contributed by atoms with Gasteiger partial charge < -0.3 is 9.84 Å². The molecule has 1 N–H and O–H groups in total. The van der Waals surface area contributed by atoms with Crippen molar-refractivity contribution >= 4 is 15.9 Å². The highest BCUT2D eigenvalue weighted by atomic mass is 79.9. The van der Waals surface area contributed by atoms with Gasteiger partial charge in [-0.15, -0.1) is 0 Å².